The molecule has 0 radical (unpaired) electrons. The van der Waals surface area contributed by atoms with Crippen LogP contribution in [0.4, 0.5) is 0 Å². The monoisotopic (exact) mass is 327 g/mol. The van der Waals surface area contributed by atoms with Crippen molar-refractivity contribution in [2.45, 2.75) is 40.8 Å². The summed E-state index contributed by atoms with van der Waals surface area (Å²) in [6.45, 7) is 12.4. The van der Waals surface area contributed by atoms with E-state index in [2.05, 4.69) is 60.6 Å². The van der Waals surface area contributed by atoms with Crippen molar-refractivity contribution in [2.24, 2.45) is 0 Å². The van der Waals surface area contributed by atoms with Gasteiger partial charge in [0.25, 0.3) is 0 Å². The maximum absolute atomic E-state index is 5.40. The van der Waals surface area contributed by atoms with Gasteiger partial charge in [-0.05, 0) is 33.4 Å². The van der Waals surface area contributed by atoms with Gasteiger partial charge in [0.2, 0.25) is 0 Å². The van der Waals surface area contributed by atoms with E-state index in [4.69, 9.17) is 4.74 Å². The lowest BCUT2D eigenvalue weighted by molar-refractivity contribution is 0.310. The van der Waals surface area contributed by atoms with E-state index in [1.807, 2.05) is 18.2 Å². The summed E-state index contributed by atoms with van der Waals surface area (Å²) in [6.07, 6.45) is 4.34. The minimum atomic E-state index is 0.907. The van der Waals surface area contributed by atoms with Crippen LogP contribution in [-0.4, -0.2) is 34.9 Å². The molecular formula is C20H29N3O. The molecule has 24 heavy (non-hydrogen) atoms. The predicted molar refractivity (Wildman–Crippen MR) is 100 cm³/mol. The SMILES string of the molecule is CCN(CC=Cc1ccccc1OC)Cc1c(C)nn(CC)c1C. The van der Waals surface area contributed by atoms with Crippen LogP contribution in [-0.2, 0) is 13.1 Å². The van der Waals surface area contributed by atoms with Crippen molar-refractivity contribution < 1.29 is 4.74 Å². The zero-order valence-electron chi connectivity index (χ0n) is 15.5. The molecule has 0 bridgehead atoms. The van der Waals surface area contributed by atoms with Crippen molar-refractivity contribution in [3.05, 3.63) is 52.9 Å². The van der Waals surface area contributed by atoms with E-state index in [9.17, 15) is 0 Å². The summed E-state index contributed by atoms with van der Waals surface area (Å²) < 4.78 is 7.48. The summed E-state index contributed by atoms with van der Waals surface area (Å²) in [5, 5.41) is 4.62. The third-order valence-corrected chi connectivity index (χ3v) is 4.46. The summed E-state index contributed by atoms with van der Waals surface area (Å²) in [6, 6.07) is 8.09. The molecule has 0 amide bonds. The number of hydrogen-bond donors (Lipinski definition) is 0. The molecule has 1 aromatic heterocycles. The molecule has 2 rings (SSSR count). The van der Waals surface area contributed by atoms with E-state index in [0.717, 1.165) is 43.2 Å². The van der Waals surface area contributed by atoms with Gasteiger partial charge >= 0.3 is 0 Å². The average molecular weight is 327 g/mol. The van der Waals surface area contributed by atoms with Crippen molar-refractivity contribution in [3.63, 3.8) is 0 Å². The molecular weight excluding hydrogens is 298 g/mol. The first-order valence-corrected chi connectivity index (χ1v) is 8.65. The molecule has 4 heteroatoms. The predicted octanol–water partition coefficient (Wildman–Crippen LogP) is 4.06. The van der Waals surface area contributed by atoms with Gasteiger partial charge in [-0.15, -0.1) is 0 Å². The molecule has 0 N–H and O–H groups in total. The van der Waals surface area contributed by atoms with Crippen LogP contribution in [0.25, 0.3) is 6.08 Å². The first kappa shape index (κ1) is 18.3. The summed E-state index contributed by atoms with van der Waals surface area (Å²) in [4.78, 5) is 2.42. The molecule has 0 fully saturated rings. The lowest BCUT2D eigenvalue weighted by Gasteiger charge is -2.19. The summed E-state index contributed by atoms with van der Waals surface area (Å²) in [7, 11) is 1.71. The number of hydrogen-bond acceptors (Lipinski definition) is 3. The number of nitrogens with zero attached hydrogens (tertiary/aromatic N) is 3. The van der Waals surface area contributed by atoms with E-state index in [1.54, 1.807) is 7.11 Å². The second kappa shape index (κ2) is 8.69. The highest BCUT2D eigenvalue weighted by Gasteiger charge is 2.13. The summed E-state index contributed by atoms with van der Waals surface area (Å²) in [5.41, 5.74) is 4.88. The third-order valence-electron chi connectivity index (χ3n) is 4.46. The van der Waals surface area contributed by atoms with Crippen LogP contribution in [0.15, 0.2) is 30.3 Å². The van der Waals surface area contributed by atoms with Gasteiger partial charge in [0.1, 0.15) is 5.75 Å². The largest absolute Gasteiger partial charge is 0.496 e. The van der Waals surface area contributed by atoms with Gasteiger partial charge in [-0.1, -0.05) is 37.3 Å². The highest BCUT2D eigenvalue weighted by Crippen LogP contribution is 2.19. The molecule has 0 aliphatic rings. The Morgan fingerprint density at radius 3 is 2.58 bits per heavy atom. The van der Waals surface area contributed by atoms with Gasteiger partial charge in [0.15, 0.2) is 0 Å². The van der Waals surface area contributed by atoms with Crippen molar-refractivity contribution in [2.75, 3.05) is 20.2 Å². The van der Waals surface area contributed by atoms with Crippen LogP contribution in [0.1, 0.15) is 36.4 Å². The first-order chi connectivity index (χ1) is 11.6. The van der Waals surface area contributed by atoms with Gasteiger partial charge in [-0.3, -0.25) is 9.58 Å². The van der Waals surface area contributed by atoms with Crippen molar-refractivity contribution in [1.29, 1.82) is 0 Å². The zero-order chi connectivity index (χ0) is 17.5. The number of ether oxygens (including phenoxy) is 1. The standard InChI is InChI=1S/C20H29N3O/c1-6-22(15-19-16(3)21-23(7-2)17(19)4)14-10-12-18-11-8-9-13-20(18)24-5/h8-13H,6-7,14-15H2,1-5H3. The van der Waals surface area contributed by atoms with Crippen LogP contribution >= 0.6 is 0 Å². The second-order valence-electron chi connectivity index (χ2n) is 5.94. The highest BCUT2D eigenvalue weighted by molar-refractivity contribution is 5.57. The van der Waals surface area contributed by atoms with E-state index in [0.29, 0.717) is 0 Å². The molecule has 0 aliphatic heterocycles. The van der Waals surface area contributed by atoms with E-state index in [-0.39, 0.29) is 0 Å². The van der Waals surface area contributed by atoms with E-state index < -0.39 is 0 Å². The summed E-state index contributed by atoms with van der Waals surface area (Å²) >= 11 is 0. The lowest BCUT2D eigenvalue weighted by atomic mass is 10.1. The summed E-state index contributed by atoms with van der Waals surface area (Å²) in [5.74, 6) is 0.910. The number of likely N-dealkylation sites (N-methyl/N-ethyl adjacent to an activating group) is 1. The fourth-order valence-electron chi connectivity index (χ4n) is 2.93. The highest BCUT2D eigenvalue weighted by atomic mass is 16.5. The normalized spacial score (nSPS) is 11.6. The minimum Gasteiger partial charge on any atom is -0.496 e. The Kier molecular flexibility index (Phi) is 6.62. The lowest BCUT2D eigenvalue weighted by Crippen LogP contribution is -2.23. The van der Waals surface area contributed by atoms with Crippen LogP contribution in [0.3, 0.4) is 0 Å². The first-order valence-electron chi connectivity index (χ1n) is 8.65. The molecule has 0 spiro atoms. The Morgan fingerprint density at radius 2 is 1.96 bits per heavy atom. The van der Waals surface area contributed by atoms with E-state index in [1.165, 1.54) is 11.3 Å². The Labute approximate surface area is 145 Å². The number of methoxy groups -OCH3 is 1. The fourth-order valence-corrected chi connectivity index (χ4v) is 2.93. The zero-order valence-corrected chi connectivity index (χ0v) is 15.5. The number of para-hydroxylation sites is 1. The van der Waals surface area contributed by atoms with Gasteiger partial charge in [-0.25, -0.2) is 0 Å². The van der Waals surface area contributed by atoms with E-state index >= 15 is 0 Å². The van der Waals surface area contributed by atoms with Gasteiger partial charge < -0.3 is 4.74 Å². The van der Waals surface area contributed by atoms with Crippen LogP contribution < -0.4 is 4.74 Å². The number of aryl methyl sites for hydroxylation is 2. The third kappa shape index (κ3) is 4.26. The Bertz CT molecular complexity index is 688. The van der Waals surface area contributed by atoms with Gasteiger partial charge in [0.05, 0.1) is 12.8 Å². The molecule has 2 aromatic rings. The quantitative estimate of drug-likeness (QED) is 0.732. The number of rotatable bonds is 8. The minimum absolute atomic E-state index is 0.907. The van der Waals surface area contributed by atoms with Gasteiger partial charge in [0, 0.05) is 36.5 Å². The Hall–Kier alpha value is -2.07. The van der Waals surface area contributed by atoms with Crippen LogP contribution in [0.5, 0.6) is 5.75 Å². The number of aromatic nitrogens is 2. The fraction of sp³-hybridized carbons (Fsp3) is 0.450. The molecule has 1 heterocycles. The molecule has 130 valence electrons. The maximum Gasteiger partial charge on any atom is 0.126 e. The van der Waals surface area contributed by atoms with Crippen LogP contribution in [0, 0.1) is 13.8 Å². The van der Waals surface area contributed by atoms with Crippen molar-refractivity contribution in [3.8, 4) is 5.75 Å². The van der Waals surface area contributed by atoms with Crippen molar-refractivity contribution in [1.82, 2.24) is 14.7 Å². The molecule has 0 saturated carbocycles. The molecule has 0 aliphatic carbocycles. The molecule has 1 aromatic carbocycles. The maximum atomic E-state index is 5.40. The smallest absolute Gasteiger partial charge is 0.126 e. The Balaban J connectivity index is 2.05. The molecule has 0 atom stereocenters. The average Bonchev–Trinajstić information content (AvgIpc) is 2.88. The number of benzene rings is 1. The Morgan fingerprint density at radius 1 is 1.21 bits per heavy atom. The second-order valence-corrected chi connectivity index (χ2v) is 5.94. The van der Waals surface area contributed by atoms with Gasteiger partial charge in [-0.2, -0.15) is 5.10 Å². The molecule has 4 nitrogen and oxygen atoms in total. The van der Waals surface area contributed by atoms with Crippen molar-refractivity contribution >= 4 is 6.08 Å². The van der Waals surface area contributed by atoms with Crippen LogP contribution in [0.2, 0.25) is 0 Å². The molecule has 0 unspecified atom stereocenters. The molecule has 0 saturated heterocycles. The topological polar surface area (TPSA) is 30.3 Å².